The summed E-state index contributed by atoms with van der Waals surface area (Å²) in [6.07, 6.45) is -32.5. The van der Waals surface area contributed by atoms with Gasteiger partial charge < -0.3 is 184 Å². The number of hydrogen-bond donors (Lipinski definition) is 23. The molecule has 40 nitrogen and oxygen atoms in total. The predicted molar refractivity (Wildman–Crippen MR) is 425 cm³/mol. The Labute approximate surface area is 713 Å². The van der Waals surface area contributed by atoms with E-state index in [-0.39, 0.29) is 12.3 Å². The normalized spacial score (nSPS) is 38.9. The molecule has 0 aromatic heterocycles. The van der Waals surface area contributed by atoms with E-state index in [1.165, 1.54) is 116 Å². The van der Waals surface area contributed by atoms with Crippen molar-refractivity contribution in [3.8, 4) is 0 Å². The van der Waals surface area contributed by atoms with Crippen molar-refractivity contribution in [3.05, 3.63) is 12.2 Å². The van der Waals surface area contributed by atoms with Gasteiger partial charge in [-0.2, -0.15) is 0 Å². The van der Waals surface area contributed by atoms with Gasteiger partial charge in [0.2, 0.25) is 17.7 Å². The van der Waals surface area contributed by atoms with Crippen LogP contribution >= 0.6 is 0 Å². The maximum absolute atomic E-state index is 13.6. The summed E-state index contributed by atoms with van der Waals surface area (Å²) in [5.41, 5.74) is 0. The van der Waals surface area contributed by atoms with E-state index >= 15 is 0 Å². The van der Waals surface area contributed by atoms with Crippen LogP contribution in [0, 0.1) is 0 Å². The lowest BCUT2D eigenvalue weighted by Gasteiger charge is -2.52. The van der Waals surface area contributed by atoms with Gasteiger partial charge in [-0.15, -0.1) is 0 Å². The summed E-state index contributed by atoms with van der Waals surface area (Å²) in [6.45, 7) is 0.805. The minimum Gasteiger partial charge on any atom is -0.394 e. The first-order valence-corrected chi connectivity index (χ1v) is 44.3. The highest BCUT2D eigenvalue weighted by molar-refractivity contribution is 5.76. The Morgan fingerprint density at radius 2 is 0.705 bits per heavy atom. The van der Waals surface area contributed by atoms with E-state index in [4.69, 9.17) is 66.3 Å². The quantitative estimate of drug-likeness (QED) is 0.0207. The molecule has 7 fully saturated rings. The van der Waals surface area contributed by atoms with Crippen molar-refractivity contribution in [2.75, 3.05) is 46.2 Å². The van der Waals surface area contributed by atoms with E-state index in [1.807, 2.05) is 6.08 Å². The Bertz CT molecular complexity index is 2910. The van der Waals surface area contributed by atoms with Crippen molar-refractivity contribution < 1.29 is 183 Å². The van der Waals surface area contributed by atoms with E-state index in [9.17, 15) is 117 Å². The summed E-state index contributed by atoms with van der Waals surface area (Å²) < 4.78 is 83.8. The monoisotopic (exact) mass is 1770 g/mol. The van der Waals surface area contributed by atoms with E-state index in [2.05, 4.69) is 29.8 Å². The maximum atomic E-state index is 13.6. The lowest BCUT2D eigenvalue weighted by Crippen LogP contribution is -2.71. The van der Waals surface area contributed by atoms with E-state index in [0.717, 1.165) is 65.2 Å². The molecule has 37 atom stereocenters. The maximum Gasteiger partial charge on any atom is 0.220 e. The second-order valence-corrected chi connectivity index (χ2v) is 33.4. The molecule has 0 aromatic carbocycles. The van der Waals surface area contributed by atoms with Crippen LogP contribution in [0.4, 0.5) is 0 Å². The minimum atomic E-state index is -2.43. The molecule has 122 heavy (non-hydrogen) atoms. The summed E-state index contributed by atoms with van der Waals surface area (Å²) in [5, 5.41) is 234. The molecule has 0 aliphatic carbocycles. The van der Waals surface area contributed by atoms with Gasteiger partial charge in [-0.3, -0.25) is 14.4 Å². The van der Waals surface area contributed by atoms with Gasteiger partial charge in [0, 0.05) is 20.3 Å². The van der Waals surface area contributed by atoms with Gasteiger partial charge in [-0.1, -0.05) is 180 Å². The molecule has 7 aliphatic rings. The molecule has 7 aliphatic heterocycles. The highest BCUT2D eigenvalue weighted by Crippen LogP contribution is 2.40. The summed E-state index contributed by atoms with van der Waals surface area (Å²) in [7, 11) is 0. The number of carbonyl (C=O) groups is 3. The highest BCUT2D eigenvalue weighted by atomic mass is 16.8. The molecule has 3 amide bonds. The SMILES string of the molecule is CCCCCCCCCCCCC/C=C/[C@@H](O)[C@H](CO[C@@H]1OC(CO)[C@@H](O[C@@H]2OC(CO)[C@H](O[C@@H]3OC(CO)[C@H](O[C@@H]4OC(CO)[C@H](O)[C@H](O[C@@H]5OC(CO)[C@H](O)[C@H](O[C@H]6C(O)[C@H](O)C(C)O[C@H]6O)C5O)C4NC(C)=O)[C@H](O[C@@H]4OC(CO)[C@H](O)[C@H](O)C4NC(C)=O)C3O)[C@H](O)C2O)[C@H](O)C1O)NC(=O)CCCCCCCCCCCCCCCCC. The topological polar surface area (TPSA) is 621 Å². The lowest BCUT2D eigenvalue weighted by atomic mass is 9.93. The largest absolute Gasteiger partial charge is 0.394 e. The molecule has 0 bridgehead atoms. The molecule has 14 unspecified atom stereocenters. The van der Waals surface area contributed by atoms with Crippen LogP contribution in [-0.4, -0.2) is 393 Å². The van der Waals surface area contributed by atoms with Crippen LogP contribution in [0.5, 0.6) is 0 Å². The fraction of sp³-hybridized carbons (Fsp3) is 0.939. The first-order chi connectivity index (χ1) is 58.5. The Hall–Kier alpha value is -3.21. The van der Waals surface area contributed by atoms with E-state index < -0.39 is 285 Å². The zero-order chi connectivity index (χ0) is 89.3. The molecule has 7 heterocycles. The number of amides is 3. The van der Waals surface area contributed by atoms with E-state index in [0.29, 0.717) is 12.8 Å². The van der Waals surface area contributed by atoms with Crippen LogP contribution in [0.2, 0.25) is 0 Å². The van der Waals surface area contributed by atoms with Crippen LogP contribution < -0.4 is 16.0 Å². The third-order valence-corrected chi connectivity index (χ3v) is 23.8. The van der Waals surface area contributed by atoms with Gasteiger partial charge in [0.1, 0.15) is 165 Å². The molecular formula is C82H147N3O37. The molecule has 0 spiro atoms. The predicted octanol–water partition coefficient (Wildman–Crippen LogP) is -3.57. The van der Waals surface area contributed by atoms with Gasteiger partial charge in [0.05, 0.1) is 64.5 Å². The van der Waals surface area contributed by atoms with Crippen LogP contribution in [0.1, 0.15) is 214 Å². The standard InChI is InChI=1S/C82H147N3O37/c1-6-8-10-12-14-16-18-20-21-23-25-27-29-31-33-35-54(95)85-46(47(94)34-32-30-28-26-24-22-19-17-15-13-11-9-7-2)42-109-79-65(104)63(102)69(51(39-89)114-79)118-80-66(105)64(103)70(52(40-90)115-80)119-82-68(107)74(122-77-55(83-44(4)92)61(100)58(97)48(36-86)111-77)71(53(41-91)116-82)120-78-56(84-45(5)93)72(59(98)49(37-87)112-78)121-81-67(106)73(60(99)50(38-88)113-81)117-75-62(101)57(96)43(3)110-76(75)108/h32,34,43,46-53,55-82,86-91,94,96-108H,6-31,33,35-42H2,1-5H3,(H,83,92)(H,84,93)(H,85,95)/b34-32+/t43?,46-,47+,48?,49?,50?,51?,52?,53?,55?,56?,57+,58-,59-,60-,61+,62?,63+,64+,65?,66?,67?,68?,69+,70-,71-,72+,73-,74+,75-,76+,77-,78-,79+,80-,81-,82-/m0/s1. The third-order valence-electron chi connectivity index (χ3n) is 23.8. The Morgan fingerprint density at radius 3 is 1.19 bits per heavy atom. The highest BCUT2D eigenvalue weighted by Gasteiger charge is 2.60. The molecule has 40 heteroatoms. The second kappa shape index (κ2) is 55.1. The molecular weight excluding hydrogens is 1620 g/mol. The molecule has 23 N–H and O–H groups in total. The van der Waals surface area contributed by atoms with Gasteiger partial charge in [0.25, 0.3) is 0 Å². The van der Waals surface area contributed by atoms with Crippen molar-refractivity contribution in [1.29, 1.82) is 0 Å². The number of aliphatic hydroxyl groups excluding tert-OH is 20. The average molecular weight is 1770 g/mol. The molecule has 7 rings (SSSR count). The summed E-state index contributed by atoms with van der Waals surface area (Å²) in [6, 6.07) is -4.82. The van der Waals surface area contributed by atoms with Crippen LogP contribution in [0.3, 0.4) is 0 Å². The molecule has 7 saturated heterocycles. The van der Waals surface area contributed by atoms with Crippen molar-refractivity contribution >= 4 is 17.7 Å². The van der Waals surface area contributed by atoms with Crippen molar-refractivity contribution in [1.82, 2.24) is 16.0 Å². The molecule has 0 saturated carbocycles. The first-order valence-electron chi connectivity index (χ1n) is 44.3. The summed E-state index contributed by atoms with van der Waals surface area (Å²) in [4.78, 5) is 39.6. The minimum absolute atomic E-state index is 0.160. The van der Waals surface area contributed by atoms with Gasteiger partial charge in [-0.25, -0.2) is 0 Å². The van der Waals surface area contributed by atoms with E-state index in [1.54, 1.807) is 6.08 Å². The number of allylic oxidation sites excluding steroid dienone is 1. The first kappa shape index (κ1) is 106. The smallest absolute Gasteiger partial charge is 0.220 e. The van der Waals surface area contributed by atoms with Crippen molar-refractivity contribution in [3.63, 3.8) is 0 Å². The third kappa shape index (κ3) is 30.7. The molecule has 0 aromatic rings. The van der Waals surface area contributed by atoms with Gasteiger partial charge in [-0.05, 0) is 26.2 Å². The number of hydrogen-bond acceptors (Lipinski definition) is 37. The fourth-order valence-corrected chi connectivity index (χ4v) is 16.6. The number of carbonyl (C=O) groups excluding carboxylic acids is 3. The molecule has 0 radical (unpaired) electrons. The van der Waals surface area contributed by atoms with Crippen molar-refractivity contribution in [2.24, 2.45) is 0 Å². The van der Waals surface area contributed by atoms with Crippen molar-refractivity contribution in [2.45, 2.75) is 441 Å². The van der Waals surface area contributed by atoms with Crippen LogP contribution in [0.15, 0.2) is 12.2 Å². The molecule has 712 valence electrons. The zero-order valence-corrected chi connectivity index (χ0v) is 71.1. The number of nitrogens with one attached hydrogen (secondary N) is 3. The Balaban J connectivity index is 1.05. The summed E-state index contributed by atoms with van der Waals surface area (Å²) >= 11 is 0. The number of ether oxygens (including phenoxy) is 14. The van der Waals surface area contributed by atoms with Crippen LogP contribution in [0.25, 0.3) is 0 Å². The number of rotatable bonds is 54. The van der Waals surface area contributed by atoms with Gasteiger partial charge in [0.15, 0.2) is 44.0 Å². The zero-order valence-electron chi connectivity index (χ0n) is 71.1. The van der Waals surface area contributed by atoms with Crippen LogP contribution in [-0.2, 0) is 80.7 Å². The second-order valence-electron chi connectivity index (χ2n) is 33.4. The summed E-state index contributed by atoms with van der Waals surface area (Å²) in [5.74, 6) is -2.15. The average Bonchev–Trinajstić information content (AvgIpc) is 0.750. The Morgan fingerprint density at radius 1 is 0.344 bits per heavy atom. The van der Waals surface area contributed by atoms with Gasteiger partial charge >= 0.3 is 0 Å². The number of unbranched alkanes of at least 4 members (excludes halogenated alkanes) is 25. The number of aliphatic hydroxyl groups is 20. The Kier molecular flexibility index (Phi) is 47.8. The lowest BCUT2D eigenvalue weighted by molar-refractivity contribution is -0.399. The fourth-order valence-electron chi connectivity index (χ4n) is 16.6.